The van der Waals surface area contributed by atoms with Gasteiger partial charge in [0.2, 0.25) is 0 Å². The van der Waals surface area contributed by atoms with Gasteiger partial charge in [0.05, 0.1) is 12.0 Å². The van der Waals surface area contributed by atoms with Crippen molar-refractivity contribution in [2.75, 3.05) is 38.1 Å². The summed E-state index contributed by atoms with van der Waals surface area (Å²) in [5.74, 6) is 0.887. The number of H-pyrrole nitrogens is 1. The molecule has 4 aromatic rings. The van der Waals surface area contributed by atoms with Crippen molar-refractivity contribution in [3.05, 3.63) is 30.7 Å². The molecule has 1 saturated heterocycles. The minimum atomic E-state index is -4.34. The Morgan fingerprint density at radius 2 is 1.85 bits per heavy atom. The molecule has 174 valence electrons. The number of rotatable bonds is 6. The molecular weight excluding hydrogens is 437 g/mol. The van der Waals surface area contributed by atoms with Crippen LogP contribution in [0, 0.1) is 0 Å². The molecular formula is C20H23F3N10. The molecule has 13 heteroatoms. The van der Waals surface area contributed by atoms with E-state index in [9.17, 15) is 13.2 Å². The Kier molecular flexibility index (Phi) is 5.56. The molecule has 10 nitrogen and oxygen atoms in total. The van der Waals surface area contributed by atoms with Gasteiger partial charge in [0.15, 0.2) is 22.6 Å². The van der Waals surface area contributed by atoms with Gasteiger partial charge in [-0.1, -0.05) is 0 Å². The Balaban J connectivity index is 1.20. The number of likely N-dealkylation sites (N-methyl/N-ethyl adjacent to an activating group) is 1. The van der Waals surface area contributed by atoms with Crippen molar-refractivity contribution < 1.29 is 13.2 Å². The molecule has 0 radical (unpaired) electrons. The third-order valence-corrected chi connectivity index (χ3v) is 6.06. The summed E-state index contributed by atoms with van der Waals surface area (Å²) in [5, 5.41) is 7.36. The maximum atomic E-state index is 12.8. The van der Waals surface area contributed by atoms with E-state index in [0.717, 1.165) is 48.3 Å². The number of alkyl halides is 3. The minimum absolute atomic E-state index is 0.180. The molecule has 0 bridgehead atoms. The smallest absolute Gasteiger partial charge is 0.356 e. The molecule has 1 aliphatic heterocycles. The van der Waals surface area contributed by atoms with Crippen LogP contribution in [0.3, 0.4) is 0 Å². The van der Waals surface area contributed by atoms with E-state index in [0.29, 0.717) is 29.4 Å². The van der Waals surface area contributed by atoms with Crippen LogP contribution >= 0.6 is 0 Å². The first kappa shape index (κ1) is 21.5. The molecule has 0 aromatic carbocycles. The number of likely N-dealkylation sites (tertiary alicyclic amines) is 1. The van der Waals surface area contributed by atoms with Gasteiger partial charge >= 0.3 is 6.18 Å². The number of nitrogens with one attached hydrogen (secondary N) is 1. The molecule has 33 heavy (non-hydrogen) atoms. The fraction of sp³-hybridized carbons (Fsp3) is 0.500. The van der Waals surface area contributed by atoms with Crippen LogP contribution in [0.2, 0.25) is 0 Å². The molecule has 0 unspecified atom stereocenters. The monoisotopic (exact) mass is 460 g/mol. The molecule has 0 saturated carbocycles. The van der Waals surface area contributed by atoms with Gasteiger partial charge in [0.25, 0.3) is 0 Å². The number of aromatic nitrogens is 8. The molecule has 1 N–H and O–H groups in total. The summed E-state index contributed by atoms with van der Waals surface area (Å²) in [6, 6.07) is 0. The van der Waals surface area contributed by atoms with Crippen LogP contribution in [0.5, 0.6) is 0 Å². The van der Waals surface area contributed by atoms with Gasteiger partial charge in [-0.2, -0.15) is 18.3 Å². The van der Waals surface area contributed by atoms with E-state index in [2.05, 4.69) is 40.0 Å². The first-order valence-electron chi connectivity index (χ1n) is 10.7. The largest absolute Gasteiger partial charge is 0.406 e. The number of piperidine rings is 1. The maximum Gasteiger partial charge on any atom is 0.406 e. The average Bonchev–Trinajstić information content (AvgIpc) is 3.41. The Bertz CT molecular complexity index is 1240. The molecule has 4 aromatic heterocycles. The molecule has 0 atom stereocenters. The Morgan fingerprint density at radius 3 is 2.64 bits per heavy atom. The van der Waals surface area contributed by atoms with E-state index in [1.54, 1.807) is 12.4 Å². The zero-order valence-electron chi connectivity index (χ0n) is 18.0. The van der Waals surface area contributed by atoms with E-state index in [-0.39, 0.29) is 5.65 Å². The van der Waals surface area contributed by atoms with Crippen molar-refractivity contribution in [1.82, 2.24) is 44.6 Å². The van der Waals surface area contributed by atoms with Gasteiger partial charge in [-0.05, 0) is 25.9 Å². The van der Waals surface area contributed by atoms with Gasteiger partial charge in [0.1, 0.15) is 18.4 Å². The first-order valence-corrected chi connectivity index (χ1v) is 10.7. The zero-order valence-corrected chi connectivity index (χ0v) is 18.0. The fourth-order valence-electron chi connectivity index (χ4n) is 4.35. The number of imidazole rings is 1. The van der Waals surface area contributed by atoms with Crippen LogP contribution in [-0.2, 0) is 6.54 Å². The second kappa shape index (κ2) is 8.54. The van der Waals surface area contributed by atoms with E-state index in [1.807, 2.05) is 11.9 Å². The predicted octanol–water partition coefficient (Wildman–Crippen LogP) is 2.37. The van der Waals surface area contributed by atoms with Crippen LogP contribution in [0.4, 0.5) is 19.0 Å². The van der Waals surface area contributed by atoms with Gasteiger partial charge in [-0.25, -0.2) is 24.9 Å². The molecule has 0 aliphatic carbocycles. The zero-order chi connectivity index (χ0) is 23.0. The number of anilines is 1. The van der Waals surface area contributed by atoms with Gasteiger partial charge in [-0.15, -0.1) is 0 Å². The normalized spacial score (nSPS) is 16.1. The van der Waals surface area contributed by atoms with Crippen molar-refractivity contribution in [2.24, 2.45) is 0 Å². The van der Waals surface area contributed by atoms with Crippen LogP contribution in [0.1, 0.15) is 24.5 Å². The van der Waals surface area contributed by atoms with E-state index in [1.165, 1.54) is 12.7 Å². The summed E-state index contributed by atoms with van der Waals surface area (Å²) >= 11 is 0. The third-order valence-electron chi connectivity index (χ3n) is 6.06. The minimum Gasteiger partial charge on any atom is -0.356 e. The van der Waals surface area contributed by atoms with Gasteiger partial charge < -0.3 is 14.4 Å². The number of halogens is 3. The lowest BCUT2D eigenvalue weighted by atomic mass is 9.93. The number of nitrogens with zero attached hydrogens (tertiary/aromatic N) is 9. The van der Waals surface area contributed by atoms with Crippen molar-refractivity contribution in [2.45, 2.75) is 31.5 Å². The lowest BCUT2D eigenvalue weighted by Gasteiger charge is -2.32. The summed E-state index contributed by atoms with van der Waals surface area (Å²) in [5.41, 5.74) is 3.08. The highest BCUT2D eigenvalue weighted by Crippen LogP contribution is 2.30. The Morgan fingerprint density at radius 1 is 1.06 bits per heavy atom. The summed E-state index contributed by atoms with van der Waals surface area (Å²) in [6.45, 7) is 2.20. The molecule has 0 amide bonds. The fourth-order valence-corrected chi connectivity index (χ4v) is 4.35. The second-order valence-electron chi connectivity index (χ2n) is 8.26. The third kappa shape index (κ3) is 4.45. The Hall–Kier alpha value is -3.35. The summed E-state index contributed by atoms with van der Waals surface area (Å²) in [6.07, 6.45) is 3.39. The van der Waals surface area contributed by atoms with Crippen LogP contribution in [-0.4, -0.2) is 84.0 Å². The summed E-state index contributed by atoms with van der Waals surface area (Å²) in [7, 11) is 1.87. The molecule has 1 aliphatic rings. The first-order chi connectivity index (χ1) is 15.9. The number of hydrogen-bond acceptors (Lipinski definition) is 8. The van der Waals surface area contributed by atoms with E-state index >= 15 is 0 Å². The van der Waals surface area contributed by atoms with Crippen molar-refractivity contribution in [3.63, 3.8) is 0 Å². The summed E-state index contributed by atoms with van der Waals surface area (Å²) < 4.78 is 39.4. The molecule has 5 heterocycles. The maximum absolute atomic E-state index is 12.8. The molecule has 0 spiro atoms. The van der Waals surface area contributed by atoms with E-state index in [4.69, 9.17) is 0 Å². The topological polar surface area (TPSA) is 105 Å². The highest BCUT2D eigenvalue weighted by Gasteiger charge is 2.29. The number of fused-ring (bicyclic) bond motifs is 2. The van der Waals surface area contributed by atoms with Crippen LogP contribution in [0.15, 0.2) is 25.0 Å². The lowest BCUT2D eigenvalue weighted by Crippen LogP contribution is -2.38. The molecule has 5 rings (SSSR count). The van der Waals surface area contributed by atoms with Crippen LogP contribution < -0.4 is 4.90 Å². The number of aromatic amines is 1. The lowest BCUT2D eigenvalue weighted by molar-refractivity contribution is -0.140. The number of hydrogen-bond donors (Lipinski definition) is 1. The van der Waals surface area contributed by atoms with Gasteiger partial charge in [-0.3, -0.25) is 5.10 Å². The van der Waals surface area contributed by atoms with Crippen molar-refractivity contribution in [3.8, 4) is 0 Å². The average molecular weight is 460 g/mol. The quantitative estimate of drug-likeness (QED) is 0.468. The molecule has 1 fully saturated rings. The highest BCUT2D eigenvalue weighted by atomic mass is 19.4. The van der Waals surface area contributed by atoms with Crippen molar-refractivity contribution in [1.29, 1.82) is 0 Å². The van der Waals surface area contributed by atoms with Crippen molar-refractivity contribution >= 4 is 28.1 Å². The predicted molar refractivity (Wildman–Crippen MR) is 115 cm³/mol. The van der Waals surface area contributed by atoms with Gasteiger partial charge in [0, 0.05) is 38.4 Å². The van der Waals surface area contributed by atoms with Crippen LogP contribution in [0.25, 0.3) is 22.3 Å². The standard InChI is InChI=1S/C20H23F3N10/c1-31(18-16-19(27-11-26-18)33(12-28-16)10-20(21,22)23)8-9-32-6-2-13(3-7-32)14-15-17(30-29-14)25-5-4-24-15/h4-5,11-13H,2-3,6-10H2,1H3,(H,25,29,30). The van der Waals surface area contributed by atoms with E-state index < -0.39 is 12.7 Å². The second-order valence-corrected chi connectivity index (χ2v) is 8.26. The highest BCUT2D eigenvalue weighted by molar-refractivity contribution is 5.83. The SMILES string of the molecule is CN(CCN1CCC(c2[nH]nc3nccnc23)CC1)c1ncnc2c1ncn2CC(F)(F)F. The summed E-state index contributed by atoms with van der Waals surface area (Å²) in [4.78, 5) is 25.4. The Labute approximate surface area is 186 Å².